The molecular formula is C27H40N2O4. The van der Waals surface area contributed by atoms with Crippen LogP contribution in [0.25, 0.3) is 0 Å². The average molecular weight is 457 g/mol. The largest absolute Gasteiger partial charge is 0.488 e. The second kappa shape index (κ2) is 10.7. The molecule has 0 amide bonds. The fraction of sp³-hybridized carbons (Fsp3) is 0.519. The maximum absolute atomic E-state index is 11.6. The maximum Gasteiger partial charge on any atom is 0.336 e. The molecule has 0 aromatic heterocycles. The Labute approximate surface area is 198 Å². The molecule has 2 aromatic carbocycles. The molecule has 6 nitrogen and oxygen atoms in total. The Bertz CT molecular complexity index is 961. The van der Waals surface area contributed by atoms with Crippen molar-refractivity contribution < 1.29 is 19.7 Å². The summed E-state index contributed by atoms with van der Waals surface area (Å²) in [6.45, 7) is 12.5. The van der Waals surface area contributed by atoms with Gasteiger partial charge in [0.1, 0.15) is 11.9 Å². The second-order valence-electron chi connectivity index (χ2n) is 9.83. The fourth-order valence-electron chi connectivity index (χ4n) is 4.62. The Morgan fingerprint density at radius 3 is 1.94 bits per heavy atom. The summed E-state index contributed by atoms with van der Waals surface area (Å²) in [6, 6.07) is 11.5. The average Bonchev–Trinajstić information content (AvgIpc) is 2.79. The van der Waals surface area contributed by atoms with Gasteiger partial charge in [0.15, 0.2) is 0 Å². The Balaban J connectivity index is 2.53. The second-order valence-corrected chi connectivity index (χ2v) is 9.83. The van der Waals surface area contributed by atoms with E-state index in [2.05, 4.69) is 19.9 Å². The highest BCUT2D eigenvalue weighted by molar-refractivity contribution is 5.89. The molecule has 2 unspecified atom stereocenters. The Hall–Kier alpha value is -2.41. The van der Waals surface area contributed by atoms with E-state index in [4.69, 9.17) is 16.2 Å². The van der Waals surface area contributed by atoms with Crippen molar-refractivity contribution in [3.05, 3.63) is 64.2 Å². The maximum atomic E-state index is 11.6. The number of rotatable bonds is 10. The fourth-order valence-corrected chi connectivity index (χ4v) is 4.62. The highest BCUT2D eigenvalue weighted by Gasteiger charge is 2.33. The highest BCUT2D eigenvalue weighted by Crippen LogP contribution is 2.41. The number of hydrogen-bond acceptors (Lipinski definition) is 5. The zero-order chi connectivity index (χ0) is 25.0. The number of carbonyl (C=O) groups is 1. The molecular weight excluding hydrogens is 416 g/mol. The third kappa shape index (κ3) is 5.57. The third-order valence-electron chi connectivity index (χ3n) is 6.79. The third-order valence-corrected chi connectivity index (χ3v) is 6.79. The lowest BCUT2D eigenvalue weighted by atomic mass is 9.69. The number of aromatic carboxylic acids is 1. The number of aliphatic hydroxyl groups is 1. The van der Waals surface area contributed by atoms with E-state index in [0.717, 1.165) is 29.5 Å². The Morgan fingerprint density at radius 1 is 0.970 bits per heavy atom. The zero-order valence-electron chi connectivity index (χ0n) is 20.8. The van der Waals surface area contributed by atoms with Crippen LogP contribution in [0.2, 0.25) is 0 Å². The van der Waals surface area contributed by atoms with Gasteiger partial charge in [-0.15, -0.1) is 0 Å². The minimum absolute atomic E-state index is 0.161. The molecule has 33 heavy (non-hydrogen) atoms. The lowest BCUT2D eigenvalue weighted by molar-refractivity contribution is -0.0235. The van der Waals surface area contributed by atoms with E-state index in [9.17, 15) is 15.0 Å². The summed E-state index contributed by atoms with van der Waals surface area (Å²) in [5, 5.41) is 20.1. The van der Waals surface area contributed by atoms with Crippen molar-refractivity contribution in [3.63, 3.8) is 0 Å². The van der Waals surface area contributed by atoms with E-state index in [-0.39, 0.29) is 29.0 Å². The van der Waals surface area contributed by atoms with Crippen LogP contribution in [0.3, 0.4) is 0 Å². The molecule has 0 bridgehead atoms. The summed E-state index contributed by atoms with van der Waals surface area (Å²) in [6.07, 6.45) is 0.626. The lowest BCUT2D eigenvalue weighted by Crippen LogP contribution is -2.39. The molecule has 0 heterocycles. The van der Waals surface area contributed by atoms with Crippen molar-refractivity contribution in [1.82, 2.24) is 0 Å². The van der Waals surface area contributed by atoms with Gasteiger partial charge in [0, 0.05) is 24.1 Å². The van der Waals surface area contributed by atoms with Crippen molar-refractivity contribution in [1.29, 1.82) is 0 Å². The van der Waals surface area contributed by atoms with Crippen molar-refractivity contribution >= 4 is 5.97 Å². The number of aliphatic hydroxyl groups excluding tert-OH is 1. The van der Waals surface area contributed by atoms with Crippen LogP contribution in [0.15, 0.2) is 36.4 Å². The van der Waals surface area contributed by atoms with Crippen molar-refractivity contribution in [3.8, 4) is 5.75 Å². The van der Waals surface area contributed by atoms with Crippen LogP contribution in [0, 0.1) is 5.41 Å². The molecule has 0 aliphatic heterocycles. The summed E-state index contributed by atoms with van der Waals surface area (Å²) in [4.78, 5) is 11.6. The van der Waals surface area contributed by atoms with Gasteiger partial charge in [-0.3, -0.25) is 0 Å². The molecule has 0 saturated carbocycles. The Kier molecular flexibility index (Phi) is 8.69. The molecule has 6 heteroatoms. The van der Waals surface area contributed by atoms with Gasteiger partial charge in [0.25, 0.3) is 0 Å². The van der Waals surface area contributed by atoms with Crippen LogP contribution in [0.5, 0.6) is 5.75 Å². The zero-order valence-corrected chi connectivity index (χ0v) is 20.8. The van der Waals surface area contributed by atoms with Crippen LogP contribution >= 0.6 is 0 Å². The summed E-state index contributed by atoms with van der Waals surface area (Å²) >= 11 is 0. The predicted molar refractivity (Wildman–Crippen MR) is 133 cm³/mol. The molecule has 2 aromatic rings. The monoisotopic (exact) mass is 456 g/mol. The SMILES string of the molecule is CCC(CC)(c1ccc(OC(C)C(O)C(C)(C)C)c(CN)c1)c1ccc(C(=O)O)c(CN)c1. The normalized spacial score (nSPS) is 14.1. The van der Waals surface area contributed by atoms with Crippen LogP contribution in [-0.4, -0.2) is 28.4 Å². The summed E-state index contributed by atoms with van der Waals surface area (Å²) in [7, 11) is 0. The van der Waals surface area contributed by atoms with Crippen molar-refractivity contribution in [2.45, 2.75) is 85.1 Å². The molecule has 0 saturated heterocycles. The van der Waals surface area contributed by atoms with Gasteiger partial charge in [-0.25, -0.2) is 4.79 Å². The first kappa shape index (κ1) is 26.8. The highest BCUT2D eigenvalue weighted by atomic mass is 16.5. The molecule has 0 radical (unpaired) electrons. The van der Waals surface area contributed by atoms with Crippen LogP contribution in [0.1, 0.15) is 87.0 Å². The first-order valence-electron chi connectivity index (χ1n) is 11.7. The first-order chi connectivity index (χ1) is 15.4. The van der Waals surface area contributed by atoms with Gasteiger partial charge in [0.05, 0.1) is 11.7 Å². The van der Waals surface area contributed by atoms with Crippen LogP contribution in [-0.2, 0) is 18.5 Å². The summed E-state index contributed by atoms with van der Waals surface area (Å²) < 4.78 is 6.13. The quantitative estimate of drug-likeness (QED) is 0.415. The topological polar surface area (TPSA) is 119 Å². The van der Waals surface area contributed by atoms with E-state index in [1.807, 2.05) is 52.0 Å². The first-order valence-corrected chi connectivity index (χ1v) is 11.7. The van der Waals surface area contributed by atoms with Crippen molar-refractivity contribution in [2.75, 3.05) is 0 Å². The smallest absolute Gasteiger partial charge is 0.336 e. The molecule has 2 atom stereocenters. The molecule has 0 aliphatic rings. The van der Waals surface area contributed by atoms with E-state index in [1.165, 1.54) is 0 Å². The molecule has 0 fully saturated rings. The van der Waals surface area contributed by atoms with Gasteiger partial charge in [-0.1, -0.05) is 52.8 Å². The minimum Gasteiger partial charge on any atom is -0.488 e. The van der Waals surface area contributed by atoms with Gasteiger partial charge in [0.2, 0.25) is 0 Å². The van der Waals surface area contributed by atoms with Gasteiger partial charge >= 0.3 is 5.97 Å². The van der Waals surface area contributed by atoms with Gasteiger partial charge in [-0.2, -0.15) is 0 Å². The summed E-state index contributed by atoms with van der Waals surface area (Å²) in [5.74, 6) is -0.305. The number of carboxylic acid groups (broad SMARTS) is 1. The molecule has 0 spiro atoms. The van der Waals surface area contributed by atoms with E-state index < -0.39 is 12.1 Å². The molecule has 2 rings (SSSR count). The number of ether oxygens (including phenoxy) is 1. The predicted octanol–water partition coefficient (Wildman–Crippen LogP) is 4.58. The summed E-state index contributed by atoms with van der Waals surface area (Å²) in [5.41, 5.74) is 15.2. The molecule has 182 valence electrons. The van der Waals surface area contributed by atoms with Crippen molar-refractivity contribution in [2.24, 2.45) is 16.9 Å². The molecule has 0 aliphatic carbocycles. The minimum atomic E-state index is -0.973. The van der Waals surface area contributed by atoms with Gasteiger partial charge in [-0.05, 0) is 60.1 Å². The van der Waals surface area contributed by atoms with E-state index in [1.54, 1.807) is 6.07 Å². The number of benzene rings is 2. The van der Waals surface area contributed by atoms with Crippen LogP contribution in [0.4, 0.5) is 0 Å². The standard InChI is InChI=1S/C27H40N2O4/c1-7-27(8-2,20-9-11-22(25(31)32)18(13-20)15-28)21-10-12-23(19(14-21)16-29)33-17(3)24(30)26(4,5)6/h9-14,17,24,30H,7-8,15-16,28-29H2,1-6H3,(H,31,32). The number of nitrogens with two attached hydrogens (primary N) is 2. The lowest BCUT2D eigenvalue weighted by Gasteiger charge is -2.35. The van der Waals surface area contributed by atoms with Crippen LogP contribution < -0.4 is 16.2 Å². The van der Waals surface area contributed by atoms with E-state index in [0.29, 0.717) is 17.9 Å². The number of hydrogen-bond donors (Lipinski definition) is 4. The van der Waals surface area contributed by atoms with E-state index >= 15 is 0 Å². The van der Waals surface area contributed by atoms with Gasteiger partial charge < -0.3 is 26.4 Å². The Morgan fingerprint density at radius 2 is 1.48 bits per heavy atom. The number of carboxylic acids is 1. The molecule has 6 N–H and O–H groups in total.